The van der Waals surface area contributed by atoms with E-state index in [0.29, 0.717) is 35.9 Å². The van der Waals surface area contributed by atoms with Crippen LogP contribution in [0.1, 0.15) is 28.4 Å². The summed E-state index contributed by atoms with van der Waals surface area (Å²) in [7, 11) is 0. The highest BCUT2D eigenvalue weighted by molar-refractivity contribution is 6.09. The second-order valence-corrected chi connectivity index (χ2v) is 8.56. The summed E-state index contributed by atoms with van der Waals surface area (Å²) in [5.74, 6) is 0.122. The van der Waals surface area contributed by atoms with E-state index in [1.165, 1.54) is 6.33 Å². The number of anilines is 1. The van der Waals surface area contributed by atoms with E-state index < -0.39 is 12.0 Å². The molecule has 2 aromatic heterocycles. The molecule has 0 spiro atoms. The molecule has 1 amide bonds. The number of benzene rings is 2. The van der Waals surface area contributed by atoms with Crippen LogP contribution < -0.4 is 20.1 Å². The van der Waals surface area contributed by atoms with E-state index in [2.05, 4.69) is 20.8 Å². The molecule has 10 nitrogen and oxygen atoms in total. The summed E-state index contributed by atoms with van der Waals surface area (Å²) in [6.07, 6.45) is 3.27. The molecular weight excluding hydrogens is 462 g/mol. The first-order chi connectivity index (χ1) is 17.4. The van der Waals surface area contributed by atoms with Gasteiger partial charge in [-0.25, -0.2) is 0 Å². The Kier molecular flexibility index (Phi) is 6.26. The highest BCUT2D eigenvalue weighted by Gasteiger charge is 2.18. The first-order valence-corrected chi connectivity index (χ1v) is 11.5. The zero-order valence-corrected chi connectivity index (χ0v) is 19.8. The molecule has 0 saturated carbocycles. The van der Waals surface area contributed by atoms with Crippen LogP contribution in [0.4, 0.5) is 5.69 Å². The van der Waals surface area contributed by atoms with Crippen LogP contribution in [0.5, 0.6) is 11.5 Å². The lowest BCUT2D eigenvalue weighted by atomic mass is 9.98. The minimum atomic E-state index is -0.952. The van der Waals surface area contributed by atoms with E-state index in [4.69, 9.17) is 14.6 Å². The summed E-state index contributed by atoms with van der Waals surface area (Å²) in [6, 6.07) is 12.5. The number of aliphatic carboxylic acids is 1. The van der Waals surface area contributed by atoms with Crippen LogP contribution in [-0.2, 0) is 11.3 Å². The summed E-state index contributed by atoms with van der Waals surface area (Å²) >= 11 is 0. The number of aromatic nitrogens is 3. The Morgan fingerprint density at radius 3 is 2.75 bits per heavy atom. The van der Waals surface area contributed by atoms with Gasteiger partial charge in [0.05, 0.1) is 5.56 Å². The van der Waals surface area contributed by atoms with Crippen molar-refractivity contribution in [2.75, 3.05) is 18.5 Å². The predicted octanol–water partition coefficient (Wildman–Crippen LogP) is 3.29. The Morgan fingerprint density at radius 2 is 1.94 bits per heavy atom. The Balaban J connectivity index is 1.42. The second-order valence-electron chi connectivity index (χ2n) is 8.56. The van der Waals surface area contributed by atoms with Crippen molar-refractivity contribution < 1.29 is 24.2 Å². The van der Waals surface area contributed by atoms with Gasteiger partial charge in [-0.2, -0.15) is 0 Å². The number of hydrogen-bond acceptors (Lipinski definition) is 7. The highest BCUT2D eigenvalue weighted by Crippen LogP contribution is 2.37. The van der Waals surface area contributed by atoms with Gasteiger partial charge in [-0.1, -0.05) is 18.2 Å². The van der Waals surface area contributed by atoms with Crippen LogP contribution in [-0.4, -0.2) is 50.8 Å². The van der Waals surface area contributed by atoms with Gasteiger partial charge in [-0.15, -0.1) is 10.2 Å². The Labute approximate surface area is 206 Å². The van der Waals surface area contributed by atoms with Gasteiger partial charge in [0, 0.05) is 18.4 Å². The first kappa shape index (κ1) is 23.3. The number of fused-ring (bicyclic) bond motifs is 2. The zero-order chi connectivity index (χ0) is 25.2. The number of carboxylic acids is 1. The van der Waals surface area contributed by atoms with E-state index in [0.717, 1.165) is 28.0 Å². The first-order valence-electron chi connectivity index (χ1n) is 11.5. The molecule has 5 rings (SSSR count). The molecule has 0 aliphatic carbocycles. The lowest BCUT2D eigenvalue weighted by Gasteiger charge is -2.20. The van der Waals surface area contributed by atoms with E-state index in [1.54, 1.807) is 23.6 Å². The van der Waals surface area contributed by atoms with Gasteiger partial charge < -0.3 is 25.2 Å². The summed E-state index contributed by atoms with van der Waals surface area (Å²) in [4.78, 5) is 24.5. The molecule has 2 aromatic carbocycles. The number of pyridine rings is 1. The monoisotopic (exact) mass is 487 g/mol. The number of ether oxygens (including phenoxy) is 2. The fourth-order valence-corrected chi connectivity index (χ4v) is 4.10. The molecule has 0 fully saturated rings. The summed E-state index contributed by atoms with van der Waals surface area (Å²) < 4.78 is 13.0. The van der Waals surface area contributed by atoms with Crippen LogP contribution in [0, 0.1) is 6.92 Å². The van der Waals surface area contributed by atoms with Gasteiger partial charge >= 0.3 is 5.97 Å². The zero-order valence-electron chi connectivity index (χ0n) is 19.8. The third-order valence-corrected chi connectivity index (χ3v) is 6.11. The number of nitrogens with one attached hydrogen (secondary N) is 2. The molecular formula is C26H25N5O5. The second kappa shape index (κ2) is 9.67. The average Bonchev–Trinajstić information content (AvgIpc) is 3.36. The topological polar surface area (TPSA) is 127 Å². The third kappa shape index (κ3) is 4.58. The maximum atomic E-state index is 13.4. The number of amides is 1. The van der Waals surface area contributed by atoms with Crippen LogP contribution in [0.3, 0.4) is 0 Å². The van der Waals surface area contributed by atoms with Crippen molar-refractivity contribution >= 4 is 23.2 Å². The van der Waals surface area contributed by atoms with Crippen LogP contribution in [0.2, 0.25) is 0 Å². The molecule has 10 heteroatoms. The molecule has 0 saturated heterocycles. The van der Waals surface area contributed by atoms with E-state index in [-0.39, 0.29) is 12.5 Å². The summed E-state index contributed by atoms with van der Waals surface area (Å²) in [5, 5.41) is 23.1. The van der Waals surface area contributed by atoms with Gasteiger partial charge in [0.1, 0.15) is 25.6 Å². The van der Waals surface area contributed by atoms with Crippen LogP contribution in [0.15, 0.2) is 55.0 Å². The van der Waals surface area contributed by atoms with Gasteiger partial charge in [0.15, 0.2) is 17.1 Å². The number of hydrogen-bond donors (Lipinski definition) is 3. The maximum absolute atomic E-state index is 13.4. The maximum Gasteiger partial charge on any atom is 0.320 e. The molecule has 1 atom stereocenters. The van der Waals surface area contributed by atoms with E-state index in [1.807, 2.05) is 43.3 Å². The molecule has 1 aliphatic heterocycles. The van der Waals surface area contributed by atoms with Gasteiger partial charge in [-0.3, -0.25) is 14.0 Å². The highest BCUT2D eigenvalue weighted by atomic mass is 16.6. The van der Waals surface area contributed by atoms with Crippen molar-refractivity contribution in [2.24, 2.45) is 0 Å². The third-order valence-electron chi connectivity index (χ3n) is 6.11. The largest absolute Gasteiger partial charge is 0.486 e. The standard InChI is InChI=1S/C26H25N5O5/c1-15-19(18-6-7-22-23(11-18)36-9-8-35-22)4-3-5-21(15)29-25(32)20-10-17(12-27-16(2)26(33)34)13-31-14-28-30-24(20)31/h3-7,10-11,13-14,16,27H,8-9,12H2,1-2H3,(H,29,32)(H,33,34)/t16-/m1/s1. The molecule has 0 unspecified atom stereocenters. The minimum absolute atomic E-state index is 0.264. The lowest BCUT2D eigenvalue weighted by Crippen LogP contribution is -2.33. The van der Waals surface area contributed by atoms with Gasteiger partial charge in [-0.05, 0) is 60.4 Å². The Morgan fingerprint density at radius 1 is 1.14 bits per heavy atom. The van der Waals surface area contributed by atoms with Gasteiger partial charge in [0.2, 0.25) is 0 Å². The Hall–Kier alpha value is -4.44. The Bertz CT molecular complexity index is 1460. The molecule has 3 heterocycles. The lowest BCUT2D eigenvalue weighted by molar-refractivity contribution is -0.139. The molecule has 1 aliphatic rings. The average molecular weight is 488 g/mol. The van der Waals surface area contributed by atoms with Crippen molar-refractivity contribution in [3.05, 3.63) is 71.7 Å². The number of carbonyl (C=O) groups excluding carboxylic acids is 1. The molecule has 3 N–H and O–H groups in total. The number of carboxylic acid groups (broad SMARTS) is 1. The molecule has 36 heavy (non-hydrogen) atoms. The van der Waals surface area contributed by atoms with Crippen molar-refractivity contribution in [1.82, 2.24) is 19.9 Å². The number of carbonyl (C=O) groups is 2. The quantitative estimate of drug-likeness (QED) is 0.362. The van der Waals surface area contributed by atoms with E-state index in [9.17, 15) is 9.59 Å². The smallest absolute Gasteiger partial charge is 0.320 e. The normalized spacial score (nSPS) is 13.4. The van der Waals surface area contributed by atoms with Crippen LogP contribution >= 0.6 is 0 Å². The van der Waals surface area contributed by atoms with Crippen molar-refractivity contribution in [2.45, 2.75) is 26.4 Å². The molecule has 0 radical (unpaired) electrons. The fourth-order valence-electron chi connectivity index (χ4n) is 4.10. The summed E-state index contributed by atoms with van der Waals surface area (Å²) in [6.45, 7) is 4.81. The summed E-state index contributed by atoms with van der Waals surface area (Å²) in [5.41, 5.74) is 4.93. The fraction of sp³-hybridized carbons (Fsp3) is 0.231. The SMILES string of the molecule is Cc1c(NC(=O)c2cc(CN[C@H](C)C(=O)O)cn3cnnc23)cccc1-c1ccc2c(c1)OCCO2. The number of nitrogens with zero attached hydrogens (tertiary/aromatic N) is 3. The number of rotatable bonds is 7. The van der Waals surface area contributed by atoms with Crippen molar-refractivity contribution in [3.63, 3.8) is 0 Å². The molecule has 0 bridgehead atoms. The van der Waals surface area contributed by atoms with Crippen molar-refractivity contribution in [1.29, 1.82) is 0 Å². The van der Waals surface area contributed by atoms with Gasteiger partial charge in [0.25, 0.3) is 5.91 Å². The van der Waals surface area contributed by atoms with Crippen LogP contribution in [0.25, 0.3) is 16.8 Å². The van der Waals surface area contributed by atoms with E-state index >= 15 is 0 Å². The molecule has 4 aromatic rings. The minimum Gasteiger partial charge on any atom is -0.486 e. The molecule has 184 valence electrons. The van der Waals surface area contributed by atoms with Crippen molar-refractivity contribution in [3.8, 4) is 22.6 Å². The predicted molar refractivity (Wildman–Crippen MR) is 132 cm³/mol.